The Balaban J connectivity index is 1.21. The Hall–Kier alpha value is -2.69. The van der Waals surface area contributed by atoms with Crippen LogP contribution in [0.5, 0.6) is 11.5 Å². The van der Waals surface area contributed by atoms with Gasteiger partial charge in [-0.05, 0) is 54.8 Å². The lowest BCUT2D eigenvalue weighted by Gasteiger charge is -2.37. The lowest BCUT2D eigenvalue weighted by atomic mass is 10.1. The van der Waals surface area contributed by atoms with E-state index in [1.54, 1.807) is 4.90 Å². The van der Waals surface area contributed by atoms with E-state index < -0.39 is 21.9 Å². The predicted molar refractivity (Wildman–Crippen MR) is 118 cm³/mol. The Morgan fingerprint density at radius 1 is 0.970 bits per heavy atom. The summed E-state index contributed by atoms with van der Waals surface area (Å²) in [4.78, 5) is 17.3. The normalized spacial score (nSPS) is 21.5. The molecule has 2 aromatic carbocycles. The molecule has 5 rings (SSSR count). The first-order valence-electron chi connectivity index (χ1n) is 11.1. The number of fused-ring (bicyclic) bond motifs is 1. The molecule has 0 aromatic heterocycles. The van der Waals surface area contributed by atoms with Crippen LogP contribution >= 0.6 is 0 Å². The molecule has 3 aliphatic heterocycles. The number of hydrogen-bond donors (Lipinski definition) is 0. The first-order chi connectivity index (χ1) is 15.9. The largest absolute Gasteiger partial charge is 0.454 e. The summed E-state index contributed by atoms with van der Waals surface area (Å²) >= 11 is 0. The van der Waals surface area contributed by atoms with E-state index >= 15 is 0 Å². The quantitative estimate of drug-likeness (QED) is 0.659. The van der Waals surface area contributed by atoms with Crippen LogP contribution < -0.4 is 9.47 Å². The van der Waals surface area contributed by atoms with E-state index in [4.69, 9.17) is 9.47 Å². The number of rotatable bonds is 5. The van der Waals surface area contributed by atoms with Crippen molar-refractivity contribution < 1.29 is 27.1 Å². The molecule has 176 valence electrons. The van der Waals surface area contributed by atoms with E-state index in [0.717, 1.165) is 35.7 Å². The molecule has 0 spiro atoms. The van der Waals surface area contributed by atoms with E-state index in [0.29, 0.717) is 45.6 Å². The van der Waals surface area contributed by atoms with Crippen molar-refractivity contribution in [3.63, 3.8) is 0 Å². The molecule has 0 saturated carbocycles. The van der Waals surface area contributed by atoms with Gasteiger partial charge in [0.15, 0.2) is 11.5 Å². The summed E-state index contributed by atoms with van der Waals surface area (Å²) in [5.74, 6) is 0.860. The maximum absolute atomic E-state index is 13.2. The zero-order valence-electron chi connectivity index (χ0n) is 18.2. The van der Waals surface area contributed by atoms with Crippen LogP contribution in [0, 0.1) is 5.82 Å². The molecule has 3 heterocycles. The highest BCUT2D eigenvalue weighted by Crippen LogP contribution is 2.33. The summed E-state index contributed by atoms with van der Waals surface area (Å²) in [5.41, 5.74) is 1.12. The summed E-state index contributed by atoms with van der Waals surface area (Å²) < 4.78 is 51.5. The van der Waals surface area contributed by atoms with Gasteiger partial charge in [-0.3, -0.25) is 9.69 Å². The molecule has 8 nitrogen and oxygen atoms in total. The van der Waals surface area contributed by atoms with E-state index in [1.807, 2.05) is 18.2 Å². The topological polar surface area (TPSA) is 79.4 Å². The van der Waals surface area contributed by atoms with Crippen LogP contribution in [0.2, 0.25) is 0 Å². The molecule has 2 aromatic rings. The summed E-state index contributed by atoms with van der Waals surface area (Å²) in [5, 5.41) is 0. The van der Waals surface area contributed by atoms with E-state index in [-0.39, 0.29) is 17.6 Å². The van der Waals surface area contributed by atoms with Gasteiger partial charge in [0.25, 0.3) is 0 Å². The maximum atomic E-state index is 13.2. The molecule has 3 aliphatic rings. The van der Waals surface area contributed by atoms with Crippen molar-refractivity contribution >= 4 is 15.9 Å². The fraction of sp³-hybridized carbons (Fsp3) is 0.435. The Bertz CT molecular complexity index is 1130. The first kappa shape index (κ1) is 22.1. The number of amides is 1. The highest BCUT2D eigenvalue weighted by atomic mass is 32.2. The average Bonchev–Trinajstić information content (AvgIpc) is 3.49. The van der Waals surface area contributed by atoms with Crippen molar-refractivity contribution in [1.82, 2.24) is 14.1 Å². The average molecular weight is 476 g/mol. The lowest BCUT2D eigenvalue weighted by molar-refractivity contribution is -0.136. The van der Waals surface area contributed by atoms with E-state index in [2.05, 4.69) is 4.90 Å². The zero-order chi connectivity index (χ0) is 23.0. The number of ether oxygens (including phenoxy) is 2. The third-order valence-corrected chi connectivity index (χ3v) is 8.36. The number of carbonyl (C=O) groups excluding carboxylic acids is 1. The highest BCUT2D eigenvalue weighted by Gasteiger charge is 2.41. The number of halogens is 1. The number of nitrogens with zero attached hydrogens (tertiary/aromatic N) is 3. The van der Waals surface area contributed by atoms with Gasteiger partial charge in [0.1, 0.15) is 11.9 Å². The summed E-state index contributed by atoms with van der Waals surface area (Å²) in [6, 6.07) is 9.95. The van der Waals surface area contributed by atoms with Gasteiger partial charge >= 0.3 is 0 Å². The molecule has 10 heteroatoms. The molecule has 0 radical (unpaired) electrons. The van der Waals surface area contributed by atoms with Crippen LogP contribution in [0.1, 0.15) is 18.4 Å². The molecule has 2 saturated heterocycles. The second-order valence-corrected chi connectivity index (χ2v) is 10.4. The second kappa shape index (κ2) is 8.92. The van der Waals surface area contributed by atoms with Crippen molar-refractivity contribution in [3.05, 3.63) is 53.8 Å². The fourth-order valence-corrected chi connectivity index (χ4v) is 6.30. The third kappa shape index (κ3) is 4.42. The summed E-state index contributed by atoms with van der Waals surface area (Å²) in [6.07, 6.45) is 1.12. The number of sulfonamides is 1. The van der Waals surface area contributed by atoms with E-state index in [1.165, 1.54) is 16.4 Å². The summed E-state index contributed by atoms with van der Waals surface area (Å²) in [6.45, 7) is 3.78. The standard InChI is InChI=1S/C23H26FN3O5S/c24-18-4-6-19(7-5-18)33(29,30)27-9-1-2-20(27)23(28)26-12-10-25(11-13-26)15-17-3-8-21-22(14-17)32-16-31-21/h3-8,14,20H,1-2,9-13,15-16H2. The molecule has 0 bridgehead atoms. The van der Waals surface area contributed by atoms with Crippen molar-refractivity contribution in [1.29, 1.82) is 0 Å². The Morgan fingerprint density at radius 3 is 2.45 bits per heavy atom. The molecule has 0 N–H and O–H groups in total. The van der Waals surface area contributed by atoms with Crippen LogP contribution in [0.25, 0.3) is 0 Å². The van der Waals surface area contributed by atoms with Crippen molar-refractivity contribution in [3.8, 4) is 11.5 Å². The minimum absolute atomic E-state index is 0.0112. The van der Waals surface area contributed by atoms with Crippen molar-refractivity contribution in [2.24, 2.45) is 0 Å². The van der Waals surface area contributed by atoms with Gasteiger partial charge in [-0.15, -0.1) is 0 Å². The van der Waals surface area contributed by atoms with Crippen LogP contribution in [-0.4, -0.2) is 74.0 Å². The number of hydrogen-bond acceptors (Lipinski definition) is 6. The molecule has 33 heavy (non-hydrogen) atoms. The SMILES string of the molecule is O=C(C1CCCN1S(=O)(=O)c1ccc(F)cc1)N1CCN(Cc2ccc3c(c2)OCO3)CC1. The monoisotopic (exact) mass is 475 g/mol. The van der Waals surface area contributed by atoms with E-state index in [9.17, 15) is 17.6 Å². The Kier molecular flexibility index (Phi) is 5.98. The highest BCUT2D eigenvalue weighted by molar-refractivity contribution is 7.89. The predicted octanol–water partition coefficient (Wildman–Crippen LogP) is 2.05. The number of carbonyl (C=O) groups is 1. The van der Waals surface area contributed by atoms with Crippen molar-refractivity contribution in [2.75, 3.05) is 39.5 Å². The molecule has 1 unspecified atom stereocenters. The van der Waals surface area contributed by atoms with Crippen LogP contribution in [-0.2, 0) is 21.4 Å². The second-order valence-electron chi connectivity index (χ2n) is 8.52. The molecule has 2 fully saturated rings. The lowest BCUT2D eigenvalue weighted by Crippen LogP contribution is -2.54. The van der Waals surface area contributed by atoms with Gasteiger partial charge in [-0.2, -0.15) is 4.31 Å². The van der Waals surface area contributed by atoms with Gasteiger partial charge in [0.05, 0.1) is 4.90 Å². The van der Waals surface area contributed by atoms with Gasteiger partial charge in [0, 0.05) is 39.3 Å². The minimum atomic E-state index is -3.86. The van der Waals surface area contributed by atoms with Crippen LogP contribution in [0.3, 0.4) is 0 Å². The molecule has 1 amide bonds. The number of benzene rings is 2. The molecule has 0 aliphatic carbocycles. The fourth-order valence-electron chi connectivity index (χ4n) is 4.65. The molecule has 1 atom stereocenters. The van der Waals surface area contributed by atoms with Gasteiger partial charge < -0.3 is 14.4 Å². The zero-order valence-corrected chi connectivity index (χ0v) is 19.0. The Morgan fingerprint density at radius 2 is 1.70 bits per heavy atom. The molecular weight excluding hydrogens is 449 g/mol. The third-order valence-electron chi connectivity index (χ3n) is 6.44. The van der Waals surface area contributed by atoms with Gasteiger partial charge in [0.2, 0.25) is 22.7 Å². The van der Waals surface area contributed by atoms with Gasteiger partial charge in [-0.25, -0.2) is 12.8 Å². The molecular formula is C23H26FN3O5S. The first-order valence-corrected chi connectivity index (χ1v) is 12.5. The summed E-state index contributed by atoms with van der Waals surface area (Å²) in [7, 11) is -3.86. The Labute approximate surface area is 192 Å². The number of piperazine rings is 1. The smallest absolute Gasteiger partial charge is 0.243 e. The minimum Gasteiger partial charge on any atom is -0.454 e. The van der Waals surface area contributed by atoms with Crippen LogP contribution in [0.4, 0.5) is 4.39 Å². The maximum Gasteiger partial charge on any atom is 0.243 e. The van der Waals surface area contributed by atoms with Crippen molar-refractivity contribution in [2.45, 2.75) is 30.3 Å². The van der Waals surface area contributed by atoms with Gasteiger partial charge in [-0.1, -0.05) is 6.07 Å². The van der Waals surface area contributed by atoms with Crippen LogP contribution in [0.15, 0.2) is 47.4 Å².